The van der Waals surface area contributed by atoms with Gasteiger partial charge in [-0.05, 0) is 187 Å². The Morgan fingerprint density at radius 1 is 0.220 bits per heavy atom. The summed E-state index contributed by atoms with van der Waals surface area (Å²) < 4.78 is 2.59. The fourth-order valence-corrected chi connectivity index (χ4v) is 22.9. The Balaban J connectivity index is 0.861. The second-order valence-electron chi connectivity index (χ2n) is 31.0. The summed E-state index contributed by atoms with van der Waals surface area (Å²) in [5, 5.41) is 2.44. The van der Waals surface area contributed by atoms with Crippen molar-refractivity contribution >= 4 is 79.0 Å². The molecule has 0 bridgehead atoms. The van der Waals surface area contributed by atoms with Crippen LogP contribution in [0.2, 0.25) is 0 Å². The standard InChI is InChI=1S/C105H62BN3/c1-2-28-63(29-3-1)64-56-59-93-90(60-64)106-89-58-57-88-99(77-40-12-23-50-86(77)104(88)80-44-17-6-32-68(80)69-33-7-18-45-81(69)104)102(89)109(95-55-26-41-75-72-36-10-21-48-84(72)105(100(75)95)82-46-19-8-34-70(82)71-35-9-20-47-83(71)105)97-62-65(107-91-52-24-13-37-73(91)74-38-14-25-53-92(74)107)61-96(101(97)106)108(93)94-54-27-51-87-98(94)76-39-11-22-49-85(76)103(87)78-42-15-4-30-66(78)67-31-5-16-43-79(67)103/h1-62H. The van der Waals surface area contributed by atoms with Crippen molar-refractivity contribution in [1.82, 2.24) is 4.57 Å². The molecule has 26 rings (SSSR count). The van der Waals surface area contributed by atoms with Gasteiger partial charge in [0, 0.05) is 50.2 Å². The summed E-state index contributed by atoms with van der Waals surface area (Å²) in [7, 11) is 0. The van der Waals surface area contributed by atoms with Crippen molar-refractivity contribution in [3.05, 3.63) is 443 Å². The molecule has 2 aliphatic heterocycles. The van der Waals surface area contributed by atoms with Crippen molar-refractivity contribution in [2.75, 3.05) is 9.80 Å². The third-order valence-corrected chi connectivity index (χ3v) is 26.6. The minimum absolute atomic E-state index is 0.282. The topological polar surface area (TPSA) is 11.4 Å². The van der Waals surface area contributed by atoms with Crippen molar-refractivity contribution in [1.29, 1.82) is 0 Å². The van der Waals surface area contributed by atoms with E-state index in [2.05, 4.69) is 390 Å². The third-order valence-electron chi connectivity index (χ3n) is 26.6. The molecule has 6 aliphatic carbocycles. The first-order valence-electron chi connectivity index (χ1n) is 38.4. The van der Waals surface area contributed by atoms with E-state index >= 15 is 0 Å². The normalized spacial score (nSPS) is 15.0. The molecule has 0 saturated heterocycles. The second-order valence-corrected chi connectivity index (χ2v) is 31.0. The van der Waals surface area contributed by atoms with Gasteiger partial charge < -0.3 is 14.4 Å². The Labute approximate surface area is 631 Å². The smallest absolute Gasteiger partial charge is 0.252 e. The molecular formula is C105H62BN3. The van der Waals surface area contributed by atoms with Crippen LogP contribution in [0.25, 0.3) is 105 Å². The van der Waals surface area contributed by atoms with E-state index in [1.807, 2.05) is 0 Å². The van der Waals surface area contributed by atoms with E-state index in [9.17, 15) is 0 Å². The van der Waals surface area contributed by atoms with Crippen LogP contribution >= 0.6 is 0 Å². The summed E-state index contributed by atoms with van der Waals surface area (Å²) in [5.74, 6) is 0. The number of hydrogen-bond acceptors (Lipinski definition) is 2. The maximum atomic E-state index is 2.86. The summed E-state index contributed by atoms with van der Waals surface area (Å²) in [6.07, 6.45) is 0. The van der Waals surface area contributed by atoms with Crippen LogP contribution in [0.1, 0.15) is 66.8 Å². The SMILES string of the molecule is c1ccc(-c2ccc3c(c2)B2c4ccc5c(c4N(c4cccc6c4C4(c7ccccc7-c7ccccc74)c4ccccc4-6)c4cc(-n6c7ccccc7c7ccccc76)cc(c42)N3c2cccc3c2-c2ccccc2C32c3ccccc3-c3ccccc32)-c2ccccc2C52c3ccccc3-c3ccccc32)cc1. The number of benzene rings is 17. The lowest BCUT2D eigenvalue weighted by Gasteiger charge is -2.46. The van der Waals surface area contributed by atoms with Crippen LogP contribution in [0.3, 0.4) is 0 Å². The zero-order chi connectivity index (χ0) is 70.7. The number of nitrogens with zero attached hydrogens (tertiary/aromatic N) is 3. The second kappa shape index (κ2) is 20.8. The van der Waals surface area contributed by atoms with Gasteiger partial charge in [-0.2, -0.15) is 0 Å². The molecule has 0 saturated carbocycles. The van der Waals surface area contributed by atoms with Crippen molar-refractivity contribution in [2.24, 2.45) is 0 Å². The van der Waals surface area contributed by atoms with Crippen molar-refractivity contribution < 1.29 is 0 Å². The molecule has 0 radical (unpaired) electrons. The van der Waals surface area contributed by atoms with E-state index in [0.29, 0.717) is 0 Å². The summed E-state index contributed by atoms with van der Waals surface area (Å²) in [5.41, 5.74) is 45.6. The van der Waals surface area contributed by atoms with Crippen LogP contribution in [0, 0.1) is 0 Å². The van der Waals surface area contributed by atoms with Crippen LogP contribution in [0.5, 0.6) is 0 Å². The van der Waals surface area contributed by atoms with Gasteiger partial charge in [-0.3, -0.25) is 0 Å². The van der Waals surface area contributed by atoms with Gasteiger partial charge >= 0.3 is 0 Å². The molecule has 500 valence electrons. The summed E-state index contributed by atoms with van der Waals surface area (Å²) >= 11 is 0. The largest absolute Gasteiger partial charge is 0.311 e. The average molecular weight is 1380 g/mol. The zero-order valence-electron chi connectivity index (χ0n) is 59.2. The molecule has 4 heteroatoms. The summed E-state index contributed by atoms with van der Waals surface area (Å²) in [4.78, 5) is 5.59. The van der Waals surface area contributed by atoms with Crippen molar-refractivity contribution in [2.45, 2.75) is 16.2 Å². The molecule has 0 atom stereocenters. The minimum atomic E-state index is -0.716. The molecule has 0 fully saturated rings. The Morgan fingerprint density at radius 2 is 0.606 bits per heavy atom. The maximum Gasteiger partial charge on any atom is 0.252 e. The Kier molecular flexibility index (Phi) is 11.2. The molecule has 0 unspecified atom stereocenters. The van der Waals surface area contributed by atoms with Crippen LogP contribution in [-0.4, -0.2) is 11.3 Å². The molecule has 1 aromatic heterocycles. The number of aromatic nitrogens is 1. The monoisotopic (exact) mass is 1380 g/mol. The van der Waals surface area contributed by atoms with Crippen LogP contribution in [0.15, 0.2) is 376 Å². The Hall–Kier alpha value is -13.8. The van der Waals surface area contributed by atoms with Gasteiger partial charge in [0.15, 0.2) is 0 Å². The van der Waals surface area contributed by atoms with Gasteiger partial charge in [-0.25, -0.2) is 0 Å². The first kappa shape index (κ1) is 58.5. The first-order chi connectivity index (χ1) is 54.1. The van der Waals surface area contributed by atoms with E-state index in [1.54, 1.807) is 0 Å². The lowest BCUT2D eigenvalue weighted by atomic mass is 9.33. The van der Waals surface area contributed by atoms with Crippen LogP contribution in [-0.2, 0) is 16.2 Å². The van der Waals surface area contributed by atoms with Gasteiger partial charge in [0.25, 0.3) is 6.71 Å². The van der Waals surface area contributed by atoms with E-state index in [0.717, 1.165) is 45.2 Å². The van der Waals surface area contributed by atoms with E-state index < -0.39 is 16.2 Å². The molecule has 18 aromatic rings. The van der Waals surface area contributed by atoms with E-state index in [4.69, 9.17) is 0 Å². The Morgan fingerprint density at radius 3 is 1.13 bits per heavy atom. The number of para-hydroxylation sites is 2. The van der Waals surface area contributed by atoms with Crippen LogP contribution in [0.4, 0.5) is 34.1 Å². The Bertz CT molecular complexity index is 6960. The highest BCUT2D eigenvalue weighted by molar-refractivity contribution is 7.00. The number of anilines is 6. The lowest BCUT2D eigenvalue weighted by Crippen LogP contribution is -2.61. The van der Waals surface area contributed by atoms with Gasteiger partial charge in [0.2, 0.25) is 0 Å². The van der Waals surface area contributed by atoms with Gasteiger partial charge in [0.05, 0.1) is 44.3 Å². The van der Waals surface area contributed by atoms with Crippen molar-refractivity contribution in [3.63, 3.8) is 0 Å². The summed E-state index contributed by atoms with van der Waals surface area (Å²) in [6.45, 7) is -0.282. The predicted octanol–water partition coefficient (Wildman–Crippen LogP) is 23.6. The molecule has 109 heavy (non-hydrogen) atoms. The predicted molar refractivity (Wildman–Crippen MR) is 449 cm³/mol. The number of rotatable bonds is 4. The van der Waals surface area contributed by atoms with Crippen LogP contribution < -0.4 is 26.2 Å². The molecule has 3 heterocycles. The van der Waals surface area contributed by atoms with Crippen molar-refractivity contribution in [3.8, 4) is 83.6 Å². The molecule has 0 N–H and O–H groups in total. The third kappa shape index (κ3) is 6.88. The highest BCUT2D eigenvalue weighted by Crippen LogP contribution is 2.70. The molecule has 3 nitrogen and oxygen atoms in total. The fraction of sp³-hybridized carbons (Fsp3) is 0.0286. The van der Waals surface area contributed by atoms with E-state index in [-0.39, 0.29) is 6.71 Å². The molecule has 0 amide bonds. The fourth-order valence-electron chi connectivity index (χ4n) is 22.9. The first-order valence-corrected chi connectivity index (χ1v) is 38.4. The van der Waals surface area contributed by atoms with Gasteiger partial charge in [-0.15, -0.1) is 0 Å². The maximum absolute atomic E-state index is 2.86. The quantitative estimate of drug-likeness (QED) is 0.163. The minimum Gasteiger partial charge on any atom is -0.311 e. The van der Waals surface area contributed by atoms with Gasteiger partial charge in [0.1, 0.15) is 0 Å². The number of fused-ring (bicyclic) bond motifs is 38. The average Bonchev–Trinajstić information content (AvgIpc) is 1.54. The summed E-state index contributed by atoms with van der Waals surface area (Å²) in [6, 6.07) is 146. The molecule has 8 aliphatic rings. The lowest BCUT2D eigenvalue weighted by molar-refractivity contribution is 0.791. The molecule has 3 spiro atoms. The van der Waals surface area contributed by atoms with E-state index in [1.165, 1.54) is 177 Å². The molecule has 17 aromatic carbocycles. The highest BCUT2D eigenvalue weighted by atomic mass is 15.2. The zero-order valence-corrected chi connectivity index (χ0v) is 59.2. The number of hydrogen-bond donors (Lipinski definition) is 0. The highest BCUT2D eigenvalue weighted by Gasteiger charge is 2.59. The molecular weight excluding hydrogens is 1310 g/mol. The van der Waals surface area contributed by atoms with Gasteiger partial charge in [-0.1, -0.05) is 334 Å².